The van der Waals surface area contributed by atoms with Crippen molar-refractivity contribution in [1.82, 2.24) is 0 Å². The standard InChI is InChI=1S/C5H12N2O2/c6-4(3-8)1-2-5(7)9/h4,8H,1-3,6H2,(H2,7,9). The van der Waals surface area contributed by atoms with Crippen molar-refractivity contribution in [3.63, 3.8) is 0 Å². The summed E-state index contributed by atoms with van der Waals surface area (Å²) in [6, 6.07) is -0.308. The molecule has 54 valence electrons. The molecule has 0 aromatic carbocycles. The average Bonchev–Trinajstić information content (AvgIpc) is 1.83. The van der Waals surface area contributed by atoms with E-state index >= 15 is 0 Å². The van der Waals surface area contributed by atoms with Gasteiger partial charge in [0.15, 0.2) is 0 Å². The molecule has 1 atom stereocenters. The van der Waals surface area contributed by atoms with Crippen LogP contribution in [-0.2, 0) is 4.79 Å². The lowest BCUT2D eigenvalue weighted by molar-refractivity contribution is -0.118. The lowest BCUT2D eigenvalue weighted by Crippen LogP contribution is -2.26. The predicted octanol–water partition coefficient (Wildman–Crippen LogP) is -1.43. The third kappa shape index (κ3) is 5.26. The molecule has 5 N–H and O–H groups in total. The molecule has 9 heavy (non-hydrogen) atoms. The van der Waals surface area contributed by atoms with E-state index in [1.54, 1.807) is 0 Å². The molecule has 0 aromatic heterocycles. The highest BCUT2D eigenvalue weighted by Crippen LogP contribution is 1.90. The highest BCUT2D eigenvalue weighted by atomic mass is 16.3. The van der Waals surface area contributed by atoms with E-state index in [0.29, 0.717) is 6.42 Å². The van der Waals surface area contributed by atoms with Crippen LogP contribution in [0.1, 0.15) is 12.8 Å². The molecule has 0 radical (unpaired) electrons. The van der Waals surface area contributed by atoms with Crippen molar-refractivity contribution in [2.45, 2.75) is 18.9 Å². The molecule has 4 nitrogen and oxygen atoms in total. The Labute approximate surface area is 53.8 Å². The molecule has 0 heterocycles. The highest BCUT2D eigenvalue weighted by molar-refractivity contribution is 5.73. The fourth-order valence-corrected chi connectivity index (χ4v) is 0.419. The topological polar surface area (TPSA) is 89.3 Å². The fraction of sp³-hybridized carbons (Fsp3) is 0.800. The van der Waals surface area contributed by atoms with Crippen molar-refractivity contribution >= 4 is 5.91 Å². The fourth-order valence-electron chi connectivity index (χ4n) is 0.419. The summed E-state index contributed by atoms with van der Waals surface area (Å²) in [6.07, 6.45) is 0.716. The molecule has 0 rings (SSSR count). The van der Waals surface area contributed by atoms with Crippen LogP contribution in [0.3, 0.4) is 0 Å². The Hall–Kier alpha value is -0.610. The third-order valence-electron chi connectivity index (χ3n) is 0.996. The molecular formula is C5H12N2O2. The molecular weight excluding hydrogens is 120 g/mol. The van der Waals surface area contributed by atoms with Crippen LogP contribution in [0, 0.1) is 0 Å². The summed E-state index contributed by atoms with van der Waals surface area (Å²) in [4.78, 5) is 10.1. The monoisotopic (exact) mass is 132 g/mol. The van der Waals surface area contributed by atoms with Gasteiger partial charge in [-0.15, -0.1) is 0 Å². The second-order valence-corrected chi connectivity index (χ2v) is 1.95. The number of rotatable bonds is 4. The molecule has 0 aliphatic heterocycles. The van der Waals surface area contributed by atoms with E-state index in [0.717, 1.165) is 0 Å². The van der Waals surface area contributed by atoms with E-state index in [4.69, 9.17) is 16.6 Å². The molecule has 1 unspecified atom stereocenters. The summed E-state index contributed by atoms with van der Waals surface area (Å²) in [5.41, 5.74) is 10.1. The zero-order chi connectivity index (χ0) is 7.28. The first kappa shape index (κ1) is 8.39. The van der Waals surface area contributed by atoms with Crippen LogP contribution in [0.5, 0.6) is 0 Å². The Morgan fingerprint density at radius 3 is 2.56 bits per heavy atom. The number of nitrogens with two attached hydrogens (primary N) is 2. The summed E-state index contributed by atoms with van der Waals surface area (Å²) in [5, 5.41) is 8.37. The zero-order valence-electron chi connectivity index (χ0n) is 5.21. The molecule has 0 spiro atoms. The molecule has 0 aromatic rings. The van der Waals surface area contributed by atoms with Gasteiger partial charge in [-0.1, -0.05) is 0 Å². The zero-order valence-corrected chi connectivity index (χ0v) is 5.21. The molecule has 0 saturated heterocycles. The summed E-state index contributed by atoms with van der Waals surface area (Å²) in [7, 11) is 0. The van der Waals surface area contributed by atoms with Gasteiger partial charge in [0.05, 0.1) is 6.61 Å². The molecule has 1 amide bonds. The third-order valence-corrected chi connectivity index (χ3v) is 0.996. The van der Waals surface area contributed by atoms with E-state index in [1.807, 2.05) is 0 Å². The van der Waals surface area contributed by atoms with Gasteiger partial charge in [0.1, 0.15) is 0 Å². The number of carbonyl (C=O) groups excluding carboxylic acids is 1. The van der Waals surface area contributed by atoms with Crippen molar-refractivity contribution < 1.29 is 9.90 Å². The SMILES string of the molecule is NC(=O)CCC(N)CO. The van der Waals surface area contributed by atoms with E-state index < -0.39 is 0 Å². The highest BCUT2D eigenvalue weighted by Gasteiger charge is 2.01. The van der Waals surface area contributed by atoms with Gasteiger partial charge in [0, 0.05) is 12.5 Å². The van der Waals surface area contributed by atoms with Gasteiger partial charge < -0.3 is 16.6 Å². The van der Waals surface area contributed by atoms with Gasteiger partial charge in [0.25, 0.3) is 0 Å². The number of amides is 1. The van der Waals surface area contributed by atoms with Crippen molar-refractivity contribution in [1.29, 1.82) is 0 Å². The predicted molar refractivity (Wildman–Crippen MR) is 33.5 cm³/mol. The maximum Gasteiger partial charge on any atom is 0.217 e. The Balaban J connectivity index is 3.16. The molecule has 0 aliphatic rings. The number of primary amides is 1. The van der Waals surface area contributed by atoms with Gasteiger partial charge in [-0.05, 0) is 6.42 Å². The quantitative estimate of drug-likeness (QED) is 0.438. The van der Waals surface area contributed by atoms with Gasteiger partial charge in [0.2, 0.25) is 5.91 Å². The molecule has 0 bridgehead atoms. The Morgan fingerprint density at radius 2 is 2.22 bits per heavy atom. The van der Waals surface area contributed by atoms with Gasteiger partial charge in [-0.3, -0.25) is 4.79 Å². The van der Waals surface area contributed by atoms with Gasteiger partial charge >= 0.3 is 0 Å². The van der Waals surface area contributed by atoms with Crippen molar-refractivity contribution in [3.05, 3.63) is 0 Å². The average molecular weight is 132 g/mol. The number of hydrogen-bond acceptors (Lipinski definition) is 3. The van der Waals surface area contributed by atoms with Crippen molar-refractivity contribution in [2.75, 3.05) is 6.61 Å². The second kappa shape index (κ2) is 4.29. The lowest BCUT2D eigenvalue weighted by atomic mass is 10.2. The van der Waals surface area contributed by atoms with E-state index in [2.05, 4.69) is 0 Å². The second-order valence-electron chi connectivity index (χ2n) is 1.95. The first-order valence-corrected chi connectivity index (χ1v) is 2.81. The number of carbonyl (C=O) groups is 1. The maximum absolute atomic E-state index is 10.1. The van der Waals surface area contributed by atoms with Crippen LogP contribution in [0.25, 0.3) is 0 Å². The minimum absolute atomic E-state index is 0.0900. The van der Waals surface area contributed by atoms with E-state index in [1.165, 1.54) is 0 Å². The molecule has 4 heteroatoms. The smallest absolute Gasteiger partial charge is 0.217 e. The Bertz CT molecular complexity index is 95.0. The minimum Gasteiger partial charge on any atom is -0.395 e. The van der Waals surface area contributed by atoms with Gasteiger partial charge in [-0.2, -0.15) is 0 Å². The van der Waals surface area contributed by atoms with Crippen LogP contribution in [0.2, 0.25) is 0 Å². The van der Waals surface area contributed by atoms with Crippen LogP contribution in [-0.4, -0.2) is 23.7 Å². The number of aliphatic hydroxyl groups excluding tert-OH is 1. The molecule has 0 aliphatic carbocycles. The summed E-state index contributed by atoms with van der Waals surface area (Å²) < 4.78 is 0. The number of hydrogen-bond donors (Lipinski definition) is 3. The molecule has 0 fully saturated rings. The Morgan fingerprint density at radius 1 is 1.67 bits per heavy atom. The van der Waals surface area contributed by atoms with E-state index in [9.17, 15) is 4.79 Å². The maximum atomic E-state index is 10.1. The van der Waals surface area contributed by atoms with Crippen LogP contribution in [0.4, 0.5) is 0 Å². The van der Waals surface area contributed by atoms with Crippen LogP contribution < -0.4 is 11.5 Å². The summed E-state index contributed by atoms with van der Waals surface area (Å²) >= 11 is 0. The normalized spacial score (nSPS) is 13.1. The largest absolute Gasteiger partial charge is 0.395 e. The van der Waals surface area contributed by atoms with E-state index in [-0.39, 0.29) is 25.0 Å². The first-order valence-electron chi connectivity index (χ1n) is 2.81. The lowest BCUT2D eigenvalue weighted by Gasteiger charge is -2.03. The number of aliphatic hydroxyl groups is 1. The summed E-state index contributed by atoms with van der Waals surface area (Å²) in [6.45, 7) is -0.0900. The minimum atomic E-state index is -0.376. The first-order chi connectivity index (χ1) is 4.16. The van der Waals surface area contributed by atoms with Crippen molar-refractivity contribution in [2.24, 2.45) is 11.5 Å². The Kier molecular flexibility index (Phi) is 4.00. The molecule has 0 saturated carbocycles. The van der Waals surface area contributed by atoms with Gasteiger partial charge in [-0.25, -0.2) is 0 Å². The summed E-state index contributed by atoms with van der Waals surface area (Å²) in [5.74, 6) is -0.376. The van der Waals surface area contributed by atoms with Crippen LogP contribution >= 0.6 is 0 Å². The van der Waals surface area contributed by atoms with Crippen LogP contribution in [0.15, 0.2) is 0 Å². The van der Waals surface area contributed by atoms with Crippen molar-refractivity contribution in [3.8, 4) is 0 Å².